The van der Waals surface area contributed by atoms with E-state index >= 15 is 0 Å². The number of amides is 1. The number of H-pyrrole nitrogens is 1. The molecule has 1 aromatic heterocycles. The Morgan fingerprint density at radius 1 is 1.12 bits per heavy atom. The predicted molar refractivity (Wildman–Crippen MR) is 91.5 cm³/mol. The zero-order valence-electron chi connectivity index (χ0n) is 13.2. The minimum absolute atomic E-state index is 0.0111. The van der Waals surface area contributed by atoms with Gasteiger partial charge in [0.05, 0.1) is 6.54 Å². The number of carbonyl (C=O) groups is 1. The molecule has 0 spiro atoms. The van der Waals surface area contributed by atoms with Gasteiger partial charge in [-0.25, -0.2) is 4.39 Å². The normalized spacial score (nSPS) is 10.7. The Bertz CT molecular complexity index is 812. The van der Waals surface area contributed by atoms with Crippen molar-refractivity contribution in [3.05, 3.63) is 66.1 Å². The fraction of sp³-hybridized carbons (Fsp3) is 0.211. The van der Waals surface area contributed by atoms with E-state index < -0.39 is 0 Å². The Morgan fingerprint density at radius 2 is 1.92 bits per heavy atom. The maximum atomic E-state index is 12.8. The summed E-state index contributed by atoms with van der Waals surface area (Å²) in [4.78, 5) is 15.1. The number of aryl methyl sites for hydroxylation is 1. The number of rotatable bonds is 7. The van der Waals surface area contributed by atoms with Crippen LogP contribution in [-0.2, 0) is 11.2 Å². The number of hydrogen-bond donors (Lipinski definition) is 2. The molecule has 0 atom stereocenters. The molecule has 0 aliphatic heterocycles. The van der Waals surface area contributed by atoms with Crippen LogP contribution in [-0.4, -0.2) is 24.0 Å². The number of benzene rings is 2. The van der Waals surface area contributed by atoms with Crippen molar-refractivity contribution in [1.82, 2.24) is 10.3 Å². The topological polar surface area (TPSA) is 54.1 Å². The molecular formula is C19H19FN2O2. The second-order valence-electron chi connectivity index (χ2n) is 5.51. The molecule has 1 amide bonds. The van der Waals surface area contributed by atoms with Gasteiger partial charge in [0.25, 0.3) is 0 Å². The van der Waals surface area contributed by atoms with Crippen molar-refractivity contribution in [3.8, 4) is 5.75 Å². The molecule has 0 unspecified atom stereocenters. The summed E-state index contributed by atoms with van der Waals surface area (Å²) >= 11 is 0. The fourth-order valence-corrected chi connectivity index (χ4v) is 2.57. The maximum absolute atomic E-state index is 12.8. The lowest BCUT2D eigenvalue weighted by molar-refractivity contribution is -0.121. The van der Waals surface area contributed by atoms with E-state index in [1.54, 1.807) is 12.1 Å². The van der Waals surface area contributed by atoms with Crippen LogP contribution in [0.3, 0.4) is 0 Å². The summed E-state index contributed by atoms with van der Waals surface area (Å²) in [6.45, 7) is 0.772. The van der Waals surface area contributed by atoms with Crippen molar-refractivity contribution in [2.75, 3.05) is 13.2 Å². The quantitative estimate of drug-likeness (QED) is 0.654. The van der Waals surface area contributed by atoms with Gasteiger partial charge in [0.2, 0.25) is 5.91 Å². The van der Waals surface area contributed by atoms with Crippen LogP contribution >= 0.6 is 0 Å². The SMILES string of the molecule is O=C(CCc1c[nH]c2ccccc12)NCCOc1ccc(F)cc1. The molecule has 1 heterocycles. The van der Waals surface area contributed by atoms with E-state index in [4.69, 9.17) is 4.74 Å². The van der Waals surface area contributed by atoms with Gasteiger partial charge < -0.3 is 15.0 Å². The summed E-state index contributed by atoms with van der Waals surface area (Å²) < 4.78 is 18.2. The minimum atomic E-state index is -0.298. The molecule has 0 fully saturated rings. The Morgan fingerprint density at radius 3 is 2.75 bits per heavy atom. The lowest BCUT2D eigenvalue weighted by Crippen LogP contribution is -2.28. The molecule has 0 aliphatic rings. The van der Waals surface area contributed by atoms with Gasteiger partial charge in [0.1, 0.15) is 18.2 Å². The molecule has 3 aromatic rings. The van der Waals surface area contributed by atoms with E-state index in [0.717, 1.165) is 16.5 Å². The monoisotopic (exact) mass is 326 g/mol. The van der Waals surface area contributed by atoms with E-state index in [2.05, 4.69) is 16.4 Å². The van der Waals surface area contributed by atoms with Crippen molar-refractivity contribution in [3.63, 3.8) is 0 Å². The molecule has 0 bridgehead atoms. The molecule has 5 heteroatoms. The van der Waals surface area contributed by atoms with Crippen LogP contribution < -0.4 is 10.1 Å². The first-order valence-corrected chi connectivity index (χ1v) is 7.92. The number of ether oxygens (including phenoxy) is 1. The number of para-hydroxylation sites is 1. The van der Waals surface area contributed by atoms with Crippen LogP contribution in [0, 0.1) is 5.82 Å². The molecular weight excluding hydrogens is 307 g/mol. The number of nitrogens with one attached hydrogen (secondary N) is 2. The molecule has 2 aromatic carbocycles. The van der Waals surface area contributed by atoms with Crippen molar-refractivity contribution in [1.29, 1.82) is 0 Å². The summed E-state index contributed by atoms with van der Waals surface area (Å²) in [5, 5.41) is 3.98. The highest BCUT2D eigenvalue weighted by molar-refractivity contribution is 5.84. The van der Waals surface area contributed by atoms with Gasteiger partial charge in [-0.15, -0.1) is 0 Å². The van der Waals surface area contributed by atoms with Crippen LogP contribution in [0.2, 0.25) is 0 Å². The molecule has 2 N–H and O–H groups in total. The molecule has 0 aliphatic carbocycles. The average Bonchev–Trinajstić information content (AvgIpc) is 3.02. The third-order valence-electron chi connectivity index (χ3n) is 3.80. The highest BCUT2D eigenvalue weighted by Gasteiger charge is 2.06. The molecule has 24 heavy (non-hydrogen) atoms. The number of aromatic amines is 1. The lowest BCUT2D eigenvalue weighted by Gasteiger charge is -2.07. The Kier molecular flexibility index (Phi) is 5.11. The van der Waals surface area contributed by atoms with Gasteiger partial charge in [-0.2, -0.15) is 0 Å². The summed E-state index contributed by atoms with van der Waals surface area (Å²) in [6, 6.07) is 13.9. The van der Waals surface area contributed by atoms with Gasteiger partial charge in [0, 0.05) is 23.5 Å². The van der Waals surface area contributed by atoms with Gasteiger partial charge in [0.15, 0.2) is 0 Å². The third-order valence-corrected chi connectivity index (χ3v) is 3.80. The van der Waals surface area contributed by atoms with E-state index in [1.807, 2.05) is 24.4 Å². The van der Waals surface area contributed by atoms with Gasteiger partial charge in [-0.3, -0.25) is 4.79 Å². The Labute approximate surface area is 139 Å². The average molecular weight is 326 g/mol. The lowest BCUT2D eigenvalue weighted by atomic mass is 10.1. The van der Waals surface area contributed by atoms with E-state index in [9.17, 15) is 9.18 Å². The number of halogens is 1. The first kappa shape index (κ1) is 16.1. The molecule has 0 radical (unpaired) electrons. The Hall–Kier alpha value is -2.82. The first-order valence-electron chi connectivity index (χ1n) is 7.92. The summed E-state index contributed by atoms with van der Waals surface area (Å²) in [5.74, 6) is 0.278. The van der Waals surface area contributed by atoms with Crippen LogP contribution in [0.5, 0.6) is 5.75 Å². The van der Waals surface area contributed by atoms with Crippen molar-refractivity contribution in [2.45, 2.75) is 12.8 Å². The number of carbonyl (C=O) groups excluding carboxylic acids is 1. The van der Waals surface area contributed by atoms with Crippen LogP contribution in [0.15, 0.2) is 54.7 Å². The third kappa shape index (κ3) is 4.13. The zero-order chi connectivity index (χ0) is 16.8. The van der Waals surface area contributed by atoms with Crippen molar-refractivity contribution >= 4 is 16.8 Å². The highest BCUT2D eigenvalue weighted by Crippen LogP contribution is 2.18. The molecule has 4 nitrogen and oxygen atoms in total. The first-order chi connectivity index (χ1) is 11.7. The highest BCUT2D eigenvalue weighted by atomic mass is 19.1. The van der Waals surface area contributed by atoms with Crippen LogP contribution in [0.4, 0.5) is 4.39 Å². The smallest absolute Gasteiger partial charge is 0.220 e. The van der Waals surface area contributed by atoms with E-state index in [1.165, 1.54) is 12.1 Å². The standard InChI is InChI=1S/C19H19FN2O2/c20-15-6-8-16(9-7-15)24-12-11-21-19(23)10-5-14-13-22-18-4-2-1-3-17(14)18/h1-4,6-9,13,22H,5,10-12H2,(H,21,23). The summed E-state index contributed by atoms with van der Waals surface area (Å²) in [7, 11) is 0. The van der Waals surface area contributed by atoms with Crippen LogP contribution in [0.25, 0.3) is 10.9 Å². The van der Waals surface area contributed by atoms with E-state index in [-0.39, 0.29) is 11.7 Å². The largest absolute Gasteiger partial charge is 0.492 e. The van der Waals surface area contributed by atoms with Gasteiger partial charge in [-0.1, -0.05) is 18.2 Å². The van der Waals surface area contributed by atoms with Crippen molar-refractivity contribution < 1.29 is 13.9 Å². The molecule has 3 rings (SSSR count). The second kappa shape index (κ2) is 7.64. The summed E-state index contributed by atoms with van der Waals surface area (Å²) in [5.41, 5.74) is 2.23. The fourth-order valence-electron chi connectivity index (χ4n) is 2.57. The van der Waals surface area contributed by atoms with E-state index in [0.29, 0.717) is 31.7 Å². The van der Waals surface area contributed by atoms with Crippen molar-refractivity contribution in [2.24, 2.45) is 0 Å². The second-order valence-corrected chi connectivity index (χ2v) is 5.51. The molecule has 0 saturated heterocycles. The number of fused-ring (bicyclic) bond motifs is 1. The summed E-state index contributed by atoms with van der Waals surface area (Å²) in [6.07, 6.45) is 3.07. The minimum Gasteiger partial charge on any atom is -0.492 e. The number of aromatic nitrogens is 1. The van der Waals surface area contributed by atoms with Gasteiger partial charge in [-0.05, 0) is 42.3 Å². The van der Waals surface area contributed by atoms with Crippen LogP contribution in [0.1, 0.15) is 12.0 Å². The maximum Gasteiger partial charge on any atom is 0.220 e. The molecule has 124 valence electrons. The molecule has 0 saturated carbocycles. The Balaban J connectivity index is 1.39. The van der Waals surface area contributed by atoms with Gasteiger partial charge >= 0.3 is 0 Å². The number of hydrogen-bond acceptors (Lipinski definition) is 2. The predicted octanol–water partition coefficient (Wildman–Crippen LogP) is 3.43. The zero-order valence-corrected chi connectivity index (χ0v) is 13.2.